The highest BCUT2D eigenvalue weighted by Crippen LogP contribution is 2.27. The summed E-state index contributed by atoms with van der Waals surface area (Å²) >= 11 is 0. The maximum atomic E-state index is 13.4. The van der Waals surface area contributed by atoms with E-state index >= 15 is 0 Å². The molecule has 1 aliphatic rings. The van der Waals surface area contributed by atoms with E-state index in [1.54, 1.807) is 6.07 Å². The molecule has 4 nitrogen and oxygen atoms in total. The molecule has 0 amide bonds. The van der Waals surface area contributed by atoms with E-state index in [4.69, 9.17) is 5.11 Å². The molecule has 0 saturated carbocycles. The van der Waals surface area contributed by atoms with Crippen LogP contribution < -0.4 is 4.90 Å². The van der Waals surface area contributed by atoms with Crippen molar-refractivity contribution < 1.29 is 14.3 Å². The van der Waals surface area contributed by atoms with Crippen LogP contribution in [0.2, 0.25) is 0 Å². The third-order valence-corrected chi connectivity index (χ3v) is 4.10. The second-order valence-corrected chi connectivity index (χ2v) is 5.64. The van der Waals surface area contributed by atoms with Crippen LogP contribution in [0.3, 0.4) is 0 Å². The van der Waals surface area contributed by atoms with Gasteiger partial charge in [-0.25, -0.2) is 9.18 Å². The third-order valence-electron chi connectivity index (χ3n) is 4.10. The number of benzene rings is 1. The van der Waals surface area contributed by atoms with Crippen molar-refractivity contribution >= 4 is 17.7 Å². The standard InChI is InChI=1S/C16H21FN2O2/c1-11-9-19(10-12(2)18(11)3)15-6-5-14(17)8-13(15)4-7-16(20)21/h4-8,11-12H,9-10H2,1-3H3,(H,20,21)/b7-4+. The lowest BCUT2D eigenvalue weighted by Crippen LogP contribution is -2.55. The zero-order valence-corrected chi connectivity index (χ0v) is 12.6. The molecule has 0 bridgehead atoms. The zero-order chi connectivity index (χ0) is 15.6. The lowest BCUT2D eigenvalue weighted by molar-refractivity contribution is -0.131. The number of aliphatic carboxylic acids is 1. The van der Waals surface area contributed by atoms with Crippen LogP contribution in [0.1, 0.15) is 19.4 Å². The summed E-state index contributed by atoms with van der Waals surface area (Å²) < 4.78 is 13.4. The van der Waals surface area contributed by atoms with Crippen LogP contribution in [0, 0.1) is 5.82 Å². The minimum absolute atomic E-state index is 0.362. The van der Waals surface area contributed by atoms with Crippen molar-refractivity contribution in [2.45, 2.75) is 25.9 Å². The number of carbonyl (C=O) groups is 1. The Bertz CT molecular complexity index is 547. The molecule has 0 spiro atoms. The van der Waals surface area contributed by atoms with Crippen LogP contribution in [-0.2, 0) is 4.79 Å². The first-order valence-electron chi connectivity index (χ1n) is 7.06. The summed E-state index contributed by atoms with van der Waals surface area (Å²) in [5, 5.41) is 8.76. The summed E-state index contributed by atoms with van der Waals surface area (Å²) in [6.07, 6.45) is 2.50. The summed E-state index contributed by atoms with van der Waals surface area (Å²) in [6.45, 7) is 5.97. The van der Waals surface area contributed by atoms with E-state index in [1.165, 1.54) is 18.2 Å². The summed E-state index contributed by atoms with van der Waals surface area (Å²) in [7, 11) is 2.10. The van der Waals surface area contributed by atoms with Crippen molar-refractivity contribution in [1.29, 1.82) is 0 Å². The topological polar surface area (TPSA) is 43.8 Å². The third kappa shape index (κ3) is 3.61. The molecular weight excluding hydrogens is 271 g/mol. The van der Waals surface area contributed by atoms with Gasteiger partial charge in [0.15, 0.2) is 0 Å². The predicted octanol–water partition coefficient (Wildman–Crippen LogP) is 2.45. The molecular formula is C16H21FN2O2. The molecule has 5 heteroatoms. The normalized spacial score (nSPS) is 23.7. The van der Waals surface area contributed by atoms with E-state index in [0.29, 0.717) is 17.6 Å². The van der Waals surface area contributed by atoms with Gasteiger partial charge < -0.3 is 10.0 Å². The van der Waals surface area contributed by atoms with Gasteiger partial charge in [0.05, 0.1) is 0 Å². The Balaban J connectivity index is 2.32. The maximum absolute atomic E-state index is 13.4. The predicted molar refractivity (Wildman–Crippen MR) is 82.0 cm³/mol. The number of piperazine rings is 1. The molecule has 0 aromatic heterocycles. The Morgan fingerprint density at radius 3 is 2.52 bits per heavy atom. The summed E-state index contributed by atoms with van der Waals surface area (Å²) in [5.74, 6) is -1.40. The minimum Gasteiger partial charge on any atom is -0.478 e. The molecule has 1 aliphatic heterocycles. The first kappa shape index (κ1) is 15.5. The first-order chi connectivity index (χ1) is 9.88. The summed E-state index contributed by atoms with van der Waals surface area (Å²) in [6, 6.07) is 5.29. The smallest absolute Gasteiger partial charge is 0.328 e. The molecule has 1 saturated heterocycles. The van der Waals surface area contributed by atoms with Gasteiger partial charge in [0.1, 0.15) is 5.82 Å². The molecule has 2 atom stereocenters. The first-order valence-corrected chi connectivity index (χ1v) is 7.06. The van der Waals surface area contributed by atoms with Crippen LogP contribution in [0.4, 0.5) is 10.1 Å². The van der Waals surface area contributed by atoms with Gasteiger partial charge in [0.25, 0.3) is 0 Å². The number of nitrogens with zero attached hydrogens (tertiary/aromatic N) is 2. The van der Waals surface area contributed by atoms with Crippen LogP contribution in [0.5, 0.6) is 0 Å². The monoisotopic (exact) mass is 292 g/mol. The molecule has 1 heterocycles. The van der Waals surface area contributed by atoms with Crippen LogP contribution >= 0.6 is 0 Å². The van der Waals surface area contributed by atoms with Crippen molar-refractivity contribution in [2.75, 3.05) is 25.0 Å². The van der Waals surface area contributed by atoms with E-state index in [2.05, 4.69) is 30.7 Å². The molecule has 1 fully saturated rings. The van der Waals surface area contributed by atoms with E-state index < -0.39 is 5.97 Å². The molecule has 1 aromatic rings. The second-order valence-electron chi connectivity index (χ2n) is 5.64. The largest absolute Gasteiger partial charge is 0.478 e. The van der Waals surface area contributed by atoms with Crippen LogP contribution in [0.15, 0.2) is 24.3 Å². The van der Waals surface area contributed by atoms with Crippen LogP contribution in [-0.4, -0.2) is 48.2 Å². The lowest BCUT2D eigenvalue weighted by atomic mass is 10.1. The number of anilines is 1. The minimum atomic E-state index is -1.04. The average molecular weight is 292 g/mol. The number of carboxylic acids is 1. The van der Waals surface area contributed by atoms with Crippen molar-refractivity contribution in [1.82, 2.24) is 4.90 Å². The Hall–Kier alpha value is -1.88. The van der Waals surface area contributed by atoms with E-state index in [0.717, 1.165) is 24.9 Å². The van der Waals surface area contributed by atoms with Crippen molar-refractivity contribution in [3.8, 4) is 0 Å². The van der Waals surface area contributed by atoms with E-state index in [1.807, 2.05) is 0 Å². The number of hydrogen-bond acceptors (Lipinski definition) is 3. The van der Waals surface area contributed by atoms with Gasteiger partial charge in [-0.1, -0.05) is 0 Å². The van der Waals surface area contributed by atoms with Gasteiger partial charge in [0, 0.05) is 42.5 Å². The molecule has 0 radical (unpaired) electrons. The highest BCUT2D eigenvalue weighted by molar-refractivity contribution is 5.87. The SMILES string of the molecule is CC1CN(c2ccc(F)cc2/C=C/C(=O)O)CC(C)N1C. The fourth-order valence-electron chi connectivity index (χ4n) is 2.71. The summed E-state index contributed by atoms with van der Waals surface area (Å²) in [5.41, 5.74) is 1.47. The Morgan fingerprint density at radius 2 is 1.95 bits per heavy atom. The van der Waals surface area contributed by atoms with E-state index in [9.17, 15) is 9.18 Å². The number of likely N-dealkylation sites (N-methyl/N-ethyl adjacent to an activating group) is 1. The van der Waals surface area contributed by atoms with Gasteiger partial charge in [0.2, 0.25) is 0 Å². The average Bonchev–Trinajstić information content (AvgIpc) is 2.42. The van der Waals surface area contributed by atoms with Crippen molar-refractivity contribution in [3.63, 3.8) is 0 Å². The molecule has 114 valence electrons. The van der Waals surface area contributed by atoms with Gasteiger partial charge >= 0.3 is 5.97 Å². The fourth-order valence-corrected chi connectivity index (χ4v) is 2.71. The van der Waals surface area contributed by atoms with Crippen molar-refractivity contribution in [2.24, 2.45) is 0 Å². The van der Waals surface area contributed by atoms with Crippen molar-refractivity contribution in [3.05, 3.63) is 35.7 Å². The lowest BCUT2D eigenvalue weighted by Gasteiger charge is -2.44. The number of halogens is 1. The molecule has 2 rings (SSSR count). The van der Waals surface area contributed by atoms with Gasteiger partial charge in [-0.3, -0.25) is 4.90 Å². The van der Waals surface area contributed by atoms with Gasteiger partial charge in [-0.15, -0.1) is 0 Å². The maximum Gasteiger partial charge on any atom is 0.328 e. The molecule has 2 unspecified atom stereocenters. The highest BCUT2D eigenvalue weighted by atomic mass is 19.1. The molecule has 21 heavy (non-hydrogen) atoms. The number of carboxylic acid groups (broad SMARTS) is 1. The Labute approximate surface area is 124 Å². The molecule has 1 aromatic carbocycles. The second kappa shape index (κ2) is 6.26. The summed E-state index contributed by atoms with van der Waals surface area (Å²) in [4.78, 5) is 15.2. The fraction of sp³-hybridized carbons (Fsp3) is 0.438. The number of hydrogen-bond donors (Lipinski definition) is 1. The Morgan fingerprint density at radius 1 is 1.33 bits per heavy atom. The highest BCUT2D eigenvalue weighted by Gasteiger charge is 2.27. The van der Waals surface area contributed by atoms with Gasteiger partial charge in [-0.2, -0.15) is 0 Å². The molecule has 0 aliphatic carbocycles. The van der Waals surface area contributed by atoms with E-state index in [-0.39, 0.29) is 5.82 Å². The van der Waals surface area contributed by atoms with Gasteiger partial charge in [-0.05, 0) is 45.2 Å². The Kier molecular flexibility index (Phi) is 4.63. The molecule has 1 N–H and O–H groups in total. The zero-order valence-electron chi connectivity index (χ0n) is 12.6. The number of rotatable bonds is 3. The quantitative estimate of drug-likeness (QED) is 0.869. The van der Waals surface area contributed by atoms with Crippen LogP contribution in [0.25, 0.3) is 6.08 Å².